The summed E-state index contributed by atoms with van der Waals surface area (Å²) in [6, 6.07) is 22.2. The maximum Gasteiger partial charge on any atom is 0.336 e. The van der Waals surface area contributed by atoms with E-state index >= 15 is 4.39 Å². The zero-order valence-corrected chi connectivity index (χ0v) is 26.5. The van der Waals surface area contributed by atoms with E-state index in [9.17, 15) is 9.90 Å². The van der Waals surface area contributed by atoms with Crippen LogP contribution < -0.4 is 10.1 Å². The summed E-state index contributed by atoms with van der Waals surface area (Å²) in [6.07, 6.45) is 0. The Balaban J connectivity index is 1.16. The third kappa shape index (κ3) is 8.99. The van der Waals surface area contributed by atoms with E-state index in [4.69, 9.17) is 14.6 Å². The molecule has 1 aromatic heterocycles. The van der Waals surface area contributed by atoms with Crippen LogP contribution in [0.5, 0.6) is 5.75 Å². The summed E-state index contributed by atoms with van der Waals surface area (Å²) >= 11 is 0. The number of carbonyl (C=O) groups is 1. The van der Waals surface area contributed by atoms with Gasteiger partial charge in [0.1, 0.15) is 11.4 Å². The van der Waals surface area contributed by atoms with Gasteiger partial charge in [0.15, 0.2) is 18.4 Å². The number of ether oxygens (including phenoxy) is 2. The molecule has 10 nitrogen and oxygen atoms in total. The molecule has 1 aliphatic rings. The highest BCUT2D eigenvalue weighted by Crippen LogP contribution is 2.32. The summed E-state index contributed by atoms with van der Waals surface area (Å²) in [7, 11) is 0. The van der Waals surface area contributed by atoms with Crippen molar-refractivity contribution in [2.24, 2.45) is 4.99 Å². The molecule has 5 rings (SSSR count). The molecular weight excluding hydrogens is 601 g/mol. The van der Waals surface area contributed by atoms with Crippen molar-refractivity contribution in [1.29, 1.82) is 0 Å². The van der Waals surface area contributed by atoms with Crippen molar-refractivity contribution in [1.82, 2.24) is 14.8 Å². The molecule has 4 aromatic rings. The van der Waals surface area contributed by atoms with Crippen LogP contribution in [0.25, 0.3) is 22.4 Å². The molecule has 246 valence electrons. The molecular formula is C36H40FN5O5. The molecule has 0 bridgehead atoms. The number of halogens is 1. The molecule has 0 spiro atoms. The number of hydrogen-bond acceptors (Lipinski definition) is 9. The molecule has 0 atom stereocenters. The van der Waals surface area contributed by atoms with Crippen molar-refractivity contribution in [2.45, 2.75) is 13.5 Å². The zero-order chi connectivity index (χ0) is 33.2. The summed E-state index contributed by atoms with van der Waals surface area (Å²) in [6.45, 7) is 12.1. The number of aromatic carboxylic acids is 1. The Hall–Kier alpha value is -4.68. The van der Waals surface area contributed by atoms with E-state index < -0.39 is 11.8 Å². The van der Waals surface area contributed by atoms with Crippen LogP contribution in [-0.4, -0.2) is 97.0 Å². The summed E-state index contributed by atoms with van der Waals surface area (Å²) in [5.74, 6) is -0.993. The minimum atomic E-state index is -1.04. The second-order valence-corrected chi connectivity index (χ2v) is 11.3. The van der Waals surface area contributed by atoms with Crippen molar-refractivity contribution in [3.8, 4) is 28.1 Å². The number of aryl methyl sites for hydroxylation is 1. The van der Waals surface area contributed by atoms with Gasteiger partial charge in [-0.05, 0) is 48.0 Å². The minimum Gasteiger partial charge on any atom is -0.478 e. The van der Waals surface area contributed by atoms with Gasteiger partial charge in [-0.2, -0.15) is 0 Å². The maximum atomic E-state index is 15.3. The largest absolute Gasteiger partial charge is 0.478 e. The number of aliphatic hydroxyl groups is 1. The number of hydrogen-bond donors (Lipinski definition) is 3. The smallest absolute Gasteiger partial charge is 0.336 e. The van der Waals surface area contributed by atoms with Crippen molar-refractivity contribution < 1.29 is 28.9 Å². The summed E-state index contributed by atoms with van der Waals surface area (Å²) in [5, 5.41) is 21.1. The maximum absolute atomic E-state index is 15.3. The molecule has 2 heterocycles. The normalized spacial score (nSPS) is 13.8. The number of benzene rings is 3. The molecule has 0 unspecified atom stereocenters. The summed E-state index contributed by atoms with van der Waals surface area (Å²) < 4.78 is 26.3. The first-order valence-corrected chi connectivity index (χ1v) is 15.6. The van der Waals surface area contributed by atoms with Crippen LogP contribution in [0.2, 0.25) is 0 Å². The quantitative estimate of drug-likeness (QED) is 0.0882. The van der Waals surface area contributed by atoms with E-state index in [0.717, 1.165) is 50.4 Å². The molecule has 0 aliphatic carbocycles. The Labute approximate surface area is 274 Å². The first kappa shape index (κ1) is 33.7. The van der Waals surface area contributed by atoms with Gasteiger partial charge in [-0.25, -0.2) is 19.2 Å². The lowest BCUT2D eigenvalue weighted by atomic mass is 10.0. The Kier molecular flexibility index (Phi) is 11.6. The monoisotopic (exact) mass is 641 g/mol. The Morgan fingerprint density at radius 3 is 2.28 bits per heavy atom. The zero-order valence-electron chi connectivity index (χ0n) is 26.5. The molecule has 1 fully saturated rings. The van der Waals surface area contributed by atoms with E-state index in [2.05, 4.69) is 56.1 Å². The molecule has 3 aromatic carbocycles. The van der Waals surface area contributed by atoms with Gasteiger partial charge in [-0.15, -0.1) is 0 Å². The average molecular weight is 642 g/mol. The number of nitrogens with zero attached hydrogens (tertiary/aromatic N) is 4. The fraction of sp³-hybridized carbons (Fsp3) is 0.306. The number of anilines is 1. The number of aliphatic imine (C=N–C) groups is 1. The van der Waals surface area contributed by atoms with Crippen LogP contribution in [-0.2, 0) is 11.3 Å². The van der Waals surface area contributed by atoms with Gasteiger partial charge in [0.05, 0.1) is 31.1 Å². The molecule has 11 heteroatoms. The number of rotatable bonds is 15. The molecule has 0 radical (unpaired) electrons. The molecule has 0 saturated carbocycles. The van der Waals surface area contributed by atoms with Gasteiger partial charge in [0.25, 0.3) is 0 Å². The highest BCUT2D eigenvalue weighted by Gasteiger charge is 2.17. The van der Waals surface area contributed by atoms with E-state index in [0.29, 0.717) is 35.8 Å². The predicted molar refractivity (Wildman–Crippen MR) is 181 cm³/mol. The van der Waals surface area contributed by atoms with Crippen molar-refractivity contribution >= 4 is 24.2 Å². The van der Waals surface area contributed by atoms with E-state index in [1.807, 2.05) is 24.3 Å². The number of aliphatic hydroxyl groups excluding tert-OH is 1. The predicted octanol–water partition coefficient (Wildman–Crippen LogP) is 5.47. The first-order chi connectivity index (χ1) is 22.8. The fourth-order valence-electron chi connectivity index (χ4n) is 5.46. The number of aromatic nitrogens is 1. The standard InChI is InChI=1S/C36H40FN5O5/c1-25-3-12-30(21-31(25)36(44)45)47-24-39-33-22-32(37)34(40-35(33)38-2)29-10-8-28(9-11-29)27-6-4-26(5-7-27)23-42-15-13-41(14-16-42)17-19-46-20-18-43/h3-12,21-22,39,43H,2,13-20,23-24H2,1H3,(H,44,45). The third-order valence-electron chi connectivity index (χ3n) is 8.15. The van der Waals surface area contributed by atoms with Gasteiger partial charge < -0.3 is 25.0 Å². The van der Waals surface area contributed by atoms with Gasteiger partial charge in [0, 0.05) is 50.9 Å². The van der Waals surface area contributed by atoms with Crippen LogP contribution in [0.1, 0.15) is 21.5 Å². The van der Waals surface area contributed by atoms with Crippen LogP contribution in [0.15, 0.2) is 77.8 Å². The Bertz CT molecular complexity index is 1660. The average Bonchev–Trinajstić information content (AvgIpc) is 3.08. The lowest BCUT2D eigenvalue weighted by Gasteiger charge is -2.34. The van der Waals surface area contributed by atoms with Gasteiger partial charge in [-0.3, -0.25) is 9.80 Å². The fourth-order valence-corrected chi connectivity index (χ4v) is 5.46. The van der Waals surface area contributed by atoms with Crippen molar-refractivity contribution in [2.75, 3.05) is 64.6 Å². The lowest BCUT2D eigenvalue weighted by molar-refractivity contribution is 0.0564. The first-order valence-electron chi connectivity index (χ1n) is 15.6. The van der Waals surface area contributed by atoms with Gasteiger partial charge >= 0.3 is 5.97 Å². The van der Waals surface area contributed by atoms with Gasteiger partial charge in [-0.1, -0.05) is 54.6 Å². The highest BCUT2D eigenvalue weighted by molar-refractivity contribution is 5.89. The van der Waals surface area contributed by atoms with Crippen LogP contribution in [0, 0.1) is 12.7 Å². The summed E-state index contributed by atoms with van der Waals surface area (Å²) in [5.41, 5.74) is 5.17. The minimum absolute atomic E-state index is 0.0577. The summed E-state index contributed by atoms with van der Waals surface area (Å²) in [4.78, 5) is 24.6. The Morgan fingerprint density at radius 1 is 0.957 bits per heavy atom. The van der Waals surface area contributed by atoms with E-state index in [1.165, 1.54) is 17.7 Å². The van der Waals surface area contributed by atoms with Crippen LogP contribution in [0.4, 0.5) is 15.9 Å². The second-order valence-electron chi connectivity index (χ2n) is 11.3. The molecule has 1 saturated heterocycles. The number of pyridine rings is 1. The van der Waals surface area contributed by atoms with E-state index in [1.54, 1.807) is 19.1 Å². The highest BCUT2D eigenvalue weighted by atomic mass is 19.1. The van der Waals surface area contributed by atoms with Gasteiger partial charge in [0.2, 0.25) is 0 Å². The number of nitrogens with one attached hydrogen (secondary N) is 1. The Morgan fingerprint density at radius 2 is 1.62 bits per heavy atom. The molecule has 0 amide bonds. The van der Waals surface area contributed by atoms with Crippen molar-refractivity contribution in [3.63, 3.8) is 0 Å². The number of carboxylic acids is 1. The lowest BCUT2D eigenvalue weighted by Crippen LogP contribution is -2.46. The van der Waals surface area contributed by atoms with Crippen molar-refractivity contribution in [3.05, 3.63) is 95.3 Å². The number of piperazine rings is 1. The second kappa shape index (κ2) is 16.2. The molecule has 1 aliphatic heterocycles. The van der Waals surface area contributed by atoms with E-state index in [-0.39, 0.29) is 30.4 Å². The SMILES string of the molecule is C=Nc1nc(-c2ccc(-c3ccc(CN4CCN(CCOCCO)CC4)cc3)cc2)c(F)cc1NCOc1ccc(C)c(C(=O)O)c1. The molecule has 3 N–H and O–H groups in total. The topological polar surface area (TPSA) is 120 Å². The van der Waals surface area contributed by atoms with Crippen LogP contribution in [0.3, 0.4) is 0 Å². The number of carboxylic acid groups (broad SMARTS) is 1. The third-order valence-corrected chi connectivity index (χ3v) is 8.15. The van der Waals surface area contributed by atoms with Crippen LogP contribution >= 0.6 is 0 Å². The molecule has 47 heavy (non-hydrogen) atoms.